The molecule has 1 aromatic rings. The van der Waals surface area contributed by atoms with Crippen molar-refractivity contribution in [3.63, 3.8) is 0 Å². The predicted octanol–water partition coefficient (Wildman–Crippen LogP) is 3.99. The SMILES string of the molecule is Cl.N[C@@H](CCF)c1cc(Br)ccc1Br. The van der Waals surface area contributed by atoms with E-state index in [0.29, 0.717) is 6.42 Å². The van der Waals surface area contributed by atoms with Gasteiger partial charge in [-0.05, 0) is 30.2 Å². The smallest absolute Gasteiger partial charge is 0.0912 e. The minimum absolute atomic E-state index is 0. The molecule has 0 fully saturated rings. The molecular weight excluding hydrogens is 336 g/mol. The van der Waals surface area contributed by atoms with Crippen LogP contribution in [0.3, 0.4) is 0 Å². The van der Waals surface area contributed by atoms with E-state index in [0.717, 1.165) is 14.5 Å². The minimum atomic E-state index is -0.389. The summed E-state index contributed by atoms with van der Waals surface area (Å²) in [6, 6.07) is 5.48. The Labute approximate surface area is 106 Å². The van der Waals surface area contributed by atoms with Crippen molar-refractivity contribution in [3.05, 3.63) is 32.7 Å². The van der Waals surface area contributed by atoms with Gasteiger partial charge in [-0.3, -0.25) is 4.39 Å². The lowest BCUT2D eigenvalue weighted by molar-refractivity contribution is 0.441. The molecule has 1 rings (SSSR count). The maximum Gasteiger partial charge on any atom is 0.0912 e. The highest BCUT2D eigenvalue weighted by atomic mass is 79.9. The van der Waals surface area contributed by atoms with Crippen molar-refractivity contribution in [2.45, 2.75) is 12.5 Å². The Balaban J connectivity index is 0.00000169. The second-order valence-electron chi connectivity index (χ2n) is 2.75. The third-order valence-corrected chi connectivity index (χ3v) is 2.99. The first-order valence-electron chi connectivity index (χ1n) is 3.91. The normalized spacial score (nSPS) is 12.0. The van der Waals surface area contributed by atoms with Gasteiger partial charge in [-0.1, -0.05) is 31.9 Å². The van der Waals surface area contributed by atoms with Crippen LogP contribution in [0.25, 0.3) is 0 Å². The third kappa shape index (κ3) is 3.85. The van der Waals surface area contributed by atoms with Crippen LogP contribution in [-0.2, 0) is 0 Å². The first-order chi connectivity index (χ1) is 6.15. The van der Waals surface area contributed by atoms with Crippen LogP contribution in [0.1, 0.15) is 18.0 Å². The molecule has 0 amide bonds. The Morgan fingerprint density at radius 1 is 1.36 bits per heavy atom. The van der Waals surface area contributed by atoms with Gasteiger partial charge in [0.2, 0.25) is 0 Å². The van der Waals surface area contributed by atoms with Crippen LogP contribution in [0.2, 0.25) is 0 Å². The number of benzene rings is 1. The summed E-state index contributed by atoms with van der Waals surface area (Å²) in [5, 5.41) is 0. The van der Waals surface area contributed by atoms with Gasteiger partial charge in [0.05, 0.1) is 6.67 Å². The second-order valence-corrected chi connectivity index (χ2v) is 4.52. The standard InChI is InChI=1S/C9H10Br2FN.ClH/c10-6-1-2-8(11)7(5-6)9(13)3-4-12;/h1-2,5,9H,3-4,13H2;1H/t9-;/m0./s1. The number of alkyl halides is 1. The highest BCUT2D eigenvalue weighted by Gasteiger charge is 2.09. The molecule has 0 heterocycles. The quantitative estimate of drug-likeness (QED) is 0.879. The molecule has 0 aliphatic heterocycles. The van der Waals surface area contributed by atoms with Gasteiger partial charge >= 0.3 is 0 Å². The molecule has 0 spiro atoms. The second kappa shape index (κ2) is 6.77. The zero-order valence-electron chi connectivity index (χ0n) is 7.34. The molecule has 0 saturated carbocycles. The molecule has 0 aliphatic carbocycles. The number of nitrogens with two attached hydrogens (primary N) is 1. The Morgan fingerprint density at radius 3 is 2.57 bits per heavy atom. The average molecular weight is 347 g/mol. The van der Waals surface area contributed by atoms with E-state index in [-0.39, 0.29) is 25.1 Å². The molecule has 1 atom stereocenters. The summed E-state index contributed by atoms with van der Waals surface area (Å²) < 4.78 is 13.9. The van der Waals surface area contributed by atoms with E-state index in [9.17, 15) is 4.39 Å². The van der Waals surface area contributed by atoms with E-state index in [2.05, 4.69) is 31.9 Å². The highest BCUT2D eigenvalue weighted by Crippen LogP contribution is 2.27. The van der Waals surface area contributed by atoms with Crippen molar-refractivity contribution in [2.75, 3.05) is 6.67 Å². The Bertz CT molecular complexity index is 296. The summed E-state index contributed by atoms with van der Waals surface area (Å²) in [5.41, 5.74) is 6.72. The van der Waals surface area contributed by atoms with Gasteiger partial charge in [0.1, 0.15) is 0 Å². The molecule has 0 unspecified atom stereocenters. The zero-order chi connectivity index (χ0) is 9.84. The predicted molar refractivity (Wildman–Crippen MR) is 66.6 cm³/mol. The van der Waals surface area contributed by atoms with Crippen LogP contribution in [0.15, 0.2) is 27.1 Å². The lowest BCUT2D eigenvalue weighted by Crippen LogP contribution is -2.11. The summed E-state index contributed by atoms with van der Waals surface area (Å²) in [7, 11) is 0. The Hall–Kier alpha value is 0.360. The fourth-order valence-electron chi connectivity index (χ4n) is 1.07. The summed E-state index contributed by atoms with van der Waals surface area (Å²) >= 11 is 6.72. The summed E-state index contributed by atoms with van der Waals surface area (Å²) in [4.78, 5) is 0. The number of hydrogen-bond donors (Lipinski definition) is 1. The van der Waals surface area contributed by atoms with Crippen LogP contribution in [-0.4, -0.2) is 6.67 Å². The van der Waals surface area contributed by atoms with Crippen molar-refractivity contribution in [2.24, 2.45) is 5.73 Å². The first kappa shape index (κ1) is 14.4. The summed E-state index contributed by atoms with van der Waals surface area (Å²) in [6.45, 7) is -0.389. The van der Waals surface area contributed by atoms with E-state index < -0.39 is 0 Å². The molecular formula is C9H11Br2ClFN. The van der Waals surface area contributed by atoms with Gasteiger partial charge in [-0.2, -0.15) is 0 Å². The molecule has 2 N–H and O–H groups in total. The van der Waals surface area contributed by atoms with Crippen molar-refractivity contribution in [1.29, 1.82) is 0 Å². The van der Waals surface area contributed by atoms with Gasteiger partial charge < -0.3 is 5.73 Å². The maximum absolute atomic E-state index is 12.1. The van der Waals surface area contributed by atoms with Gasteiger partial charge in [-0.25, -0.2) is 0 Å². The van der Waals surface area contributed by atoms with E-state index in [1.165, 1.54) is 0 Å². The monoisotopic (exact) mass is 345 g/mol. The highest BCUT2D eigenvalue weighted by molar-refractivity contribution is 9.11. The first-order valence-corrected chi connectivity index (χ1v) is 5.50. The van der Waals surface area contributed by atoms with Crippen LogP contribution < -0.4 is 5.73 Å². The average Bonchev–Trinajstić information content (AvgIpc) is 2.09. The number of halogens is 4. The molecule has 80 valence electrons. The van der Waals surface area contributed by atoms with Gasteiger partial charge in [0.15, 0.2) is 0 Å². The van der Waals surface area contributed by atoms with Crippen LogP contribution >= 0.6 is 44.3 Å². The van der Waals surface area contributed by atoms with Crippen LogP contribution in [0.4, 0.5) is 4.39 Å². The maximum atomic E-state index is 12.1. The lowest BCUT2D eigenvalue weighted by atomic mass is 10.1. The zero-order valence-corrected chi connectivity index (χ0v) is 11.3. The molecule has 1 nitrogen and oxygen atoms in total. The third-order valence-electron chi connectivity index (χ3n) is 1.78. The largest absolute Gasteiger partial charge is 0.324 e. The van der Waals surface area contributed by atoms with Gasteiger partial charge in [0.25, 0.3) is 0 Å². The summed E-state index contributed by atoms with van der Waals surface area (Å²) in [5.74, 6) is 0. The van der Waals surface area contributed by atoms with Gasteiger partial charge in [-0.15, -0.1) is 12.4 Å². The minimum Gasteiger partial charge on any atom is -0.324 e. The molecule has 0 saturated heterocycles. The summed E-state index contributed by atoms with van der Waals surface area (Å²) in [6.07, 6.45) is 0.356. The molecule has 0 aliphatic rings. The van der Waals surface area contributed by atoms with E-state index in [1.807, 2.05) is 18.2 Å². The molecule has 5 heteroatoms. The van der Waals surface area contributed by atoms with E-state index >= 15 is 0 Å². The van der Waals surface area contributed by atoms with E-state index in [1.54, 1.807) is 0 Å². The van der Waals surface area contributed by atoms with Gasteiger partial charge in [0, 0.05) is 15.0 Å². The van der Waals surface area contributed by atoms with E-state index in [4.69, 9.17) is 5.73 Å². The Morgan fingerprint density at radius 2 is 2.00 bits per heavy atom. The fraction of sp³-hybridized carbons (Fsp3) is 0.333. The van der Waals surface area contributed by atoms with Crippen LogP contribution in [0, 0.1) is 0 Å². The number of hydrogen-bond acceptors (Lipinski definition) is 1. The topological polar surface area (TPSA) is 26.0 Å². The van der Waals surface area contributed by atoms with Crippen molar-refractivity contribution in [3.8, 4) is 0 Å². The Kier molecular flexibility index (Phi) is 6.95. The molecule has 14 heavy (non-hydrogen) atoms. The fourth-order valence-corrected chi connectivity index (χ4v) is 1.99. The van der Waals surface area contributed by atoms with Crippen LogP contribution in [0.5, 0.6) is 0 Å². The molecule has 0 bridgehead atoms. The van der Waals surface area contributed by atoms with Crippen molar-refractivity contribution >= 4 is 44.3 Å². The number of rotatable bonds is 3. The van der Waals surface area contributed by atoms with Crippen molar-refractivity contribution < 1.29 is 4.39 Å². The lowest BCUT2D eigenvalue weighted by Gasteiger charge is -2.12. The molecule has 0 radical (unpaired) electrons. The van der Waals surface area contributed by atoms with Crippen molar-refractivity contribution in [1.82, 2.24) is 0 Å². The molecule has 1 aromatic carbocycles. The molecule has 0 aromatic heterocycles.